The number of rotatable bonds is 5. The number of nitrogens with zero attached hydrogens (tertiary/aromatic N) is 3. The van der Waals surface area contributed by atoms with E-state index in [4.69, 9.17) is 14.7 Å². The predicted octanol–water partition coefficient (Wildman–Crippen LogP) is 2.26. The molecular formula is C18H17N3O3. The Morgan fingerprint density at radius 1 is 1.38 bits per heavy atom. The van der Waals surface area contributed by atoms with Gasteiger partial charge in [-0.05, 0) is 25.1 Å². The lowest BCUT2D eigenvalue weighted by Gasteiger charge is -2.38. The second-order valence-corrected chi connectivity index (χ2v) is 5.37. The van der Waals surface area contributed by atoms with E-state index in [1.807, 2.05) is 25.1 Å². The van der Waals surface area contributed by atoms with Crippen LogP contribution in [-0.4, -0.2) is 41.6 Å². The van der Waals surface area contributed by atoms with Crippen LogP contribution in [0.15, 0.2) is 42.6 Å². The second kappa shape index (κ2) is 7.01. The summed E-state index contributed by atoms with van der Waals surface area (Å²) in [6.07, 6.45) is 1.42. The largest absolute Gasteiger partial charge is 0.493 e. The molecule has 0 N–H and O–H groups in total. The summed E-state index contributed by atoms with van der Waals surface area (Å²) >= 11 is 0. The zero-order valence-electron chi connectivity index (χ0n) is 13.3. The Balaban J connectivity index is 1.60. The van der Waals surface area contributed by atoms with Gasteiger partial charge >= 0.3 is 0 Å². The summed E-state index contributed by atoms with van der Waals surface area (Å²) < 4.78 is 11.2. The van der Waals surface area contributed by atoms with Gasteiger partial charge in [-0.1, -0.05) is 12.1 Å². The van der Waals surface area contributed by atoms with Gasteiger partial charge in [0.25, 0.3) is 5.91 Å². The molecular weight excluding hydrogens is 306 g/mol. The average molecular weight is 323 g/mol. The van der Waals surface area contributed by atoms with Crippen molar-refractivity contribution in [3.63, 3.8) is 0 Å². The van der Waals surface area contributed by atoms with E-state index in [1.54, 1.807) is 29.2 Å². The standard InChI is InChI=1S/C18H17N3O3/c1-2-23-16-6-4-3-5-15(16)18(22)21-11-14(12-21)24-17-9-13(10-19)7-8-20-17/h3-9,14H,2,11-12H2,1H3. The van der Waals surface area contributed by atoms with E-state index in [0.717, 1.165) is 0 Å². The molecule has 0 unspecified atom stereocenters. The van der Waals surface area contributed by atoms with Gasteiger partial charge in [-0.2, -0.15) is 5.26 Å². The first-order valence-electron chi connectivity index (χ1n) is 7.75. The van der Waals surface area contributed by atoms with Crippen LogP contribution in [0.1, 0.15) is 22.8 Å². The summed E-state index contributed by atoms with van der Waals surface area (Å²) in [6.45, 7) is 3.36. The van der Waals surface area contributed by atoms with Gasteiger partial charge in [-0.15, -0.1) is 0 Å². The number of carbonyl (C=O) groups excluding carboxylic acids is 1. The first-order chi connectivity index (χ1) is 11.7. The van der Waals surface area contributed by atoms with Gasteiger partial charge in [0.15, 0.2) is 0 Å². The summed E-state index contributed by atoms with van der Waals surface area (Å²) in [7, 11) is 0. The lowest BCUT2D eigenvalue weighted by Crippen LogP contribution is -2.56. The summed E-state index contributed by atoms with van der Waals surface area (Å²) in [4.78, 5) is 18.3. The van der Waals surface area contributed by atoms with Crippen molar-refractivity contribution >= 4 is 5.91 Å². The van der Waals surface area contributed by atoms with E-state index in [1.165, 1.54) is 6.20 Å². The molecule has 0 saturated carbocycles. The summed E-state index contributed by atoms with van der Waals surface area (Å²) in [5, 5.41) is 8.88. The number of nitriles is 1. The third-order valence-corrected chi connectivity index (χ3v) is 3.70. The van der Waals surface area contributed by atoms with Crippen LogP contribution in [0, 0.1) is 11.3 Å². The maximum absolute atomic E-state index is 12.6. The molecule has 0 spiro atoms. The Hall–Kier alpha value is -3.07. The van der Waals surface area contributed by atoms with E-state index in [-0.39, 0.29) is 12.0 Å². The molecule has 1 fully saturated rings. The Morgan fingerprint density at radius 3 is 2.92 bits per heavy atom. The minimum atomic E-state index is -0.116. The number of pyridine rings is 1. The monoisotopic (exact) mass is 323 g/mol. The molecule has 0 atom stereocenters. The number of para-hydroxylation sites is 1. The molecule has 6 nitrogen and oxygen atoms in total. The minimum absolute atomic E-state index is 0.0716. The Bertz CT molecular complexity index is 779. The van der Waals surface area contributed by atoms with Crippen LogP contribution in [0.25, 0.3) is 0 Å². The Kier molecular flexibility index (Phi) is 4.62. The molecule has 3 rings (SSSR count). The highest BCUT2D eigenvalue weighted by molar-refractivity contribution is 5.97. The number of carbonyl (C=O) groups is 1. The maximum Gasteiger partial charge on any atom is 0.257 e. The SMILES string of the molecule is CCOc1ccccc1C(=O)N1CC(Oc2cc(C#N)ccn2)C1. The number of aromatic nitrogens is 1. The smallest absolute Gasteiger partial charge is 0.257 e. The fourth-order valence-electron chi connectivity index (χ4n) is 2.49. The van der Waals surface area contributed by atoms with Crippen molar-refractivity contribution in [1.29, 1.82) is 5.26 Å². The number of ether oxygens (including phenoxy) is 2. The van der Waals surface area contributed by atoms with Crippen molar-refractivity contribution in [3.8, 4) is 17.7 Å². The molecule has 1 saturated heterocycles. The van der Waals surface area contributed by atoms with Crippen LogP contribution >= 0.6 is 0 Å². The van der Waals surface area contributed by atoms with Gasteiger partial charge in [0.05, 0.1) is 36.9 Å². The zero-order valence-corrected chi connectivity index (χ0v) is 13.3. The summed E-state index contributed by atoms with van der Waals surface area (Å²) in [6, 6.07) is 12.5. The molecule has 0 bridgehead atoms. The topological polar surface area (TPSA) is 75.4 Å². The summed E-state index contributed by atoms with van der Waals surface area (Å²) in [5.41, 5.74) is 1.06. The lowest BCUT2D eigenvalue weighted by atomic mass is 10.1. The highest BCUT2D eigenvalue weighted by Gasteiger charge is 2.34. The third kappa shape index (κ3) is 3.30. The third-order valence-electron chi connectivity index (χ3n) is 3.70. The van der Waals surface area contributed by atoms with Gasteiger partial charge in [0.2, 0.25) is 5.88 Å². The molecule has 1 aliphatic rings. The van der Waals surface area contributed by atoms with Crippen molar-refractivity contribution in [2.45, 2.75) is 13.0 Å². The molecule has 122 valence electrons. The van der Waals surface area contributed by atoms with Crippen LogP contribution < -0.4 is 9.47 Å². The van der Waals surface area contributed by atoms with Crippen molar-refractivity contribution in [2.75, 3.05) is 19.7 Å². The molecule has 6 heteroatoms. The van der Waals surface area contributed by atoms with Crippen LogP contribution in [0.3, 0.4) is 0 Å². The fraction of sp³-hybridized carbons (Fsp3) is 0.278. The highest BCUT2D eigenvalue weighted by Crippen LogP contribution is 2.24. The number of benzene rings is 1. The summed E-state index contributed by atoms with van der Waals surface area (Å²) in [5.74, 6) is 0.927. The van der Waals surface area contributed by atoms with Gasteiger partial charge in [0.1, 0.15) is 11.9 Å². The van der Waals surface area contributed by atoms with Gasteiger partial charge in [0, 0.05) is 12.3 Å². The van der Waals surface area contributed by atoms with Crippen LogP contribution in [0.2, 0.25) is 0 Å². The molecule has 2 heterocycles. The molecule has 1 aromatic carbocycles. The number of hydrogen-bond acceptors (Lipinski definition) is 5. The Labute approximate surface area is 140 Å². The van der Waals surface area contributed by atoms with Crippen LogP contribution in [0.5, 0.6) is 11.6 Å². The quantitative estimate of drug-likeness (QED) is 0.843. The van der Waals surface area contributed by atoms with E-state index in [2.05, 4.69) is 4.98 Å². The van der Waals surface area contributed by atoms with Crippen molar-refractivity contribution in [3.05, 3.63) is 53.7 Å². The average Bonchev–Trinajstić information content (AvgIpc) is 2.58. The molecule has 0 radical (unpaired) electrons. The lowest BCUT2D eigenvalue weighted by molar-refractivity contribution is 0.0157. The molecule has 1 amide bonds. The first kappa shape index (κ1) is 15.8. The van der Waals surface area contributed by atoms with Gasteiger partial charge < -0.3 is 14.4 Å². The van der Waals surface area contributed by atoms with E-state index in [9.17, 15) is 4.79 Å². The number of likely N-dealkylation sites (tertiary alicyclic amines) is 1. The van der Waals surface area contributed by atoms with E-state index >= 15 is 0 Å². The van der Waals surface area contributed by atoms with E-state index in [0.29, 0.717) is 42.5 Å². The molecule has 1 aromatic heterocycles. The first-order valence-corrected chi connectivity index (χ1v) is 7.75. The molecule has 0 aliphatic carbocycles. The van der Waals surface area contributed by atoms with Crippen LogP contribution in [0.4, 0.5) is 0 Å². The zero-order chi connectivity index (χ0) is 16.9. The second-order valence-electron chi connectivity index (χ2n) is 5.37. The maximum atomic E-state index is 12.6. The van der Waals surface area contributed by atoms with Gasteiger partial charge in [-0.3, -0.25) is 4.79 Å². The van der Waals surface area contributed by atoms with E-state index < -0.39 is 0 Å². The molecule has 1 aliphatic heterocycles. The molecule has 24 heavy (non-hydrogen) atoms. The number of amides is 1. The minimum Gasteiger partial charge on any atom is -0.493 e. The number of hydrogen-bond donors (Lipinski definition) is 0. The normalized spacial score (nSPS) is 13.8. The van der Waals surface area contributed by atoms with Crippen LogP contribution in [-0.2, 0) is 0 Å². The predicted molar refractivity (Wildman–Crippen MR) is 86.9 cm³/mol. The Morgan fingerprint density at radius 2 is 2.17 bits per heavy atom. The van der Waals surface area contributed by atoms with Crippen molar-refractivity contribution in [2.24, 2.45) is 0 Å². The fourth-order valence-corrected chi connectivity index (χ4v) is 2.49. The molecule has 2 aromatic rings. The highest BCUT2D eigenvalue weighted by atomic mass is 16.5. The van der Waals surface area contributed by atoms with Crippen molar-refractivity contribution < 1.29 is 14.3 Å². The van der Waals surface area contributed by atoms with Crippen molar-refractivity contribution in [1.82, 2.24) is 9.88 Å². The van der Waals surface area contributed by atoms with Gasteiger partial charge in [-0.25, -0.2) is 4.98 Å².